The monoisotopic (exact) mass is 1520 g/mol. The van der Waals surface area contributed by atoms with Crippen molar-refractivity contribution in [1.82, 2.24) is 62.3 Å². The van der Waals surface area contributed by atoms with Crippen molar-refractivity contribution in [2.45, 2.75) is 301 Å². The maximum atomic E-state index is 14.8. The number of ether oxygens (including phenoxy) is 4. The molecule has 8 aliphatic rings. The van der Waals surface area contributed by atoms with Gasteiger partial charge in [-0.2, -0.15) is 0 Å². The number of aromatic nitrogens is 2. The summed E-state index contributed by atoms with van der Waals surface area (Å²) in [5.74, 6) is -4.28. The largest absolute Gasteiger partial charge is 0.472 e. The van der Waals surface area contributed by atoms with E-state index >= 15 is 0 Å². The van der Waals surface area contributed by atoms with Crippen molar-refractivity contribution >= 4 is 88.3 Å². The lowest BCUT2D eigenvalue weighted by Gasteiger charge is -2.37. The molecule has 30 heteroatoms. The molecule has 10 rings (SSSR count). The molecule has 8 amide bonds. The summed E-state index contributed by atoms with van der Waals surface area (Å²) in [6.07, 6.45) is 14.9. The first kappa shape index (κ1) is 82.5. The van der Waals surface area contributed by atoms with Crippen LogP contribution < -0.4 is 52.0 Å². The number of pyridine rings is 2. The normalized spacial score (nSPS) is 24.3. The van der Waals surface area contributed by atoms with Crippen LogP contribution in [0, 0.1) is 22.7 Å². The summed E-state index contributed by atoms with van der Waals surface area (Å²) in [4.78, 5) is 146. The summed E-state index contributed by atoms with van der Waals surface area (Å²) in [5.41, 5.74) is -2.19. The lowest BCUT2D eigenvalue weighted by atomic mass is 9.82. The van der Waals surface area contributed by atoms with E-state index in [0.29, 0.717) is 54.6 Å². The van der Waals surface area contributed by atoms with Crippen molar-refractivity contribution in [3.05, 3.63) is 46.7 Å². The van der Waals surface area contributed by atoms with Gasteiger partial charge < -0.3 is 76.4 Å². The smallest absolute Gasteiger partial charge is 0.289 e. The zero-order valence-corrected chi connectivity index (χ0v) is 65.3. The Morgan fingerprint density at radius 3 is 1.37 bits per heavy atom. The molecule has 4 saturated heterocycles. The lowest BCUT2D eigenvalue weighted by molar-refractivity contribution is -0.145. The van der Waals surface area contributed by atoms with Gasteiger partial charge in [-0.1, -0.05) is 130 Å². The molecule has 0 bridgehead atoms. The van der Waals surface area contributed by atoms with Gasteiger partial charge in [0, 0.05) is 49.5 Å². The van der Waals surface area contributed by atoms with Crippen molar-refractivity contribution in [3.8, 4) is 11.8 Å². The second-order valence-corrected chi connectivity index (χ2v) is 34.3. The SMILES string of the molecule is CCC[C@H](NC(=O)[C@@H]1C[C@@H](Oc2ccc(Cl)cn2)CN1C(=O)[C@@H](NC(=O)[C@@H](N=C1NC(C)(C)CO1)C1CCCCC1)C(C)(C)C)C(=O)C(=O)NC1CC1.CCC[C@H](NC(=O)[C@@H]1C[C@@H](Oc2ccc(Cl)cn2)CN1C(=O)[C@@H](NC(=O)[C@@H](N=C1NC(C)(C)CO1)C1CCCCC1)C(C)(C)C)C(O)C(=O)NC1CC1. The Hall–Kier alpha value is -7.59. The highest BCUT2D eigenvalue weighted by Crippen LogP contribution is 2.35. The number of amidine groups is 2. The van der Waals surface area contributed by atoms with Crippen LogP contribution in [0.4, 0.5) is 0 Å². The van der Waals surface area contributed by atoms with Crippen LogP contribution in [0.15, 0.2) is 46.6 Å². The molecule has 4 saturated carbocycles. The molecule has 6 heterocycles. The van der Waals surface area contributed by atoms with Gasteiger partial charge in [0.15, 0.2) is 6.10 Å². The van der Waals surface area contributed by atoms with Crippen molar-refractivity contribution in [2.24, 2.45) is 32.7 Å². The first-order chi connectivity index (χ1) is 50.1. The fourth-order valence-corrected chi connectivity index (χ4v) is 14.6. The number of amides is 8. The van der Waals surface area contributed by atoms with Gasteiger partial charge in [0.25, 0.3) is 23.9 Å². The predicted octanol–water partition coefficient (Wildman–Crippen LogP) is 6.69. The quantitative estimate of drug-likeness (QED) is 0.0400. The molecule has 0 radical (unpaired) electrons. The number of aliphatic hydroxyl groups excluding tert-OH is 1. The number of carbonyl (C=O) groups excluding carboxylic acids is 9. The molecular weight excluding hydrogens is 1400 g/mol. The van der Waals surface area contributed by atoms with Crippen LogP contribution in [0.5, 0.6) is 11.8 Å². The molecule has 28 nitrogen and oxygen atoms in total. The molecule has 0 spiro atoms. The molecule has 0 aromatic carbocycles. The molecule has 11 atom stereocenters. The molecule has 586 valence electrons. The van der Waals surface area contributed by atoms with Crippen LogP contribution in [0.25, 0.3) is 0 Å². The van der Waals surface area contributed by atoms with E-state index in [2.05, 4.69) is 52.5 Å². The summed E-state index contributed by atoms with van der Waals surface area (Å²) < 4.78 is 23.9. The average Bonchev–Trinajstić information content (AvgIpc) is 1.58. The number of ketones is 1. The number of Topliss-reactive ketones (excluding diaryl/α,β-unsaturated/α-hetero) is 1. The maximum Gasteiger partial charge on any atom is 0.289 e. The minimum atomic E-state index is -1.46. The summed E-state index contributed by atoms with van der Waals surface area (Å²) in [6, 6.07) is -0.503. The Morgan fingerprint density at radius 2 is 1.00 bits per heavy atom. The Bertz CT molecular complexity index is 3470. The number of hydrogen-bond donors (Lipinski definition) is 9. The number of nitrogens with zero attached hydrogens (tertiary/aromatic N) is 6. The topological polar surface area (TPSA) is 364 Å². The molecule has 2 aromatic heterocycles. The summed E-state index contributed by atoms with van der Waals surface area (Å²) >= 11 is 12.1. The summed E-state index contributed by atoms with van der Waals surface area (Å²) in [5, 5.41) is 35.6. The molecule has 1 unspecified atom stereocenters. The maximum absolute atomic E-state index is 14.8. The lowest BCUT2D eigenvalue weighted by Crippen LogP contribution is -2.60. The second-order valence-electron chi connectivity index (χ2n) is 33.5. The first-order valence-corrected chi connectivity index (χ1v) is 39.0. The Kier molecular flexibility index (Phi) is 28.1. The number of rotatable bonds is 28. The summed E-state index contributed by atoms with van der Waals surface area (Å²) in [7, 11) is 0. The van der Waals surface area contributed by atoms with Crippen LogP contribution >= 0.6 is 23.2 Å². The van der Waals surface area contributed by atoms with Crippen molar-refractivity contribution in [2.75, 3.05) is 26.3 Å². The van der Waals surface area contributed by atoms with Crippen LogP contribution in [-0.4, -0.2) is 206 Å². The number of hydrogen-bond acceptors (Lipinski definition) is 18. The minimum Gasteiger partial charge on any atom is -0.472 e. The third kappa shape index (κ3) is 23.2. The Labute approximate surface area is 633 Å². The predicted molar refractivity (Wildman–Crippen MR) is 399 cm³/mol. The third-order valence-electron chi connectivity index (χ3n) is 20.6. The van der Waals surface area contributed by atoms with Gasteiger partial charge in [-0.25, -0.2) is 20.0 Å². The van der Waals surface area contributed by atoms with E-state index in [-0.39, 0.29) is 90.9 Å². The fourth-order valence-electron chi connectivity index (χ4n) is 14.4. The Balaban J connectivity index is 0.000000245. The van der Waals surface area contributed by atoms with E-state index in [9.17, 15) is 48.3 Å². The molecular formula is C76H114Cl2N14O14. The number of halogens is 2. The summed E-state index contributed by atoms with van der Waals surface area (Å²) in [6.45, 7) is 23.8. The molecule has 4 aliphatic carbocycles. The highest BCUT2D eigenvalue weighted by molar-refractivity contribution is 6.38. The fraction of sp³-hybridized carbons (Fsp3) is 0.724. The average molecular weight is 1520 g/mol. The van der Waals surface area contributed by atoms with Crippen LogP contribution in [0.1, 0.15) is 212 Å². The number of aliphatic hydroxyl groups is 1. The van der Waals surface area contributed by atoms with Crippen LogP contribution in [0.2, 0.25) is 10.0 Å². The van der Waals surface area contributed by atoms with Gasteiger partial charge in [0.1, 0.15) is 61.7 Å². The highest BCUT2D eigenvalue weighted by Gasteiger charge is 2.51. The standard InChI is InChI=1S/C38H58ClN7O7.C38H56ClN7O7/c2*1-7-11-26(30(47)34(50)41-24-15-16-24)42-32(48)27-18-25(53-28-17-14-23(39)19-40-28)20-46(27)35(51)31(37(2,3)4)44-33(49)29(22-12-9-8-10-13-22)43-36-45-38(5,6)21-52-36/h14,17,19,22,24-27,29-31,47H,7-13,15-16,18,20-21H2,1-6H3,(H,41,50)(H,42,48)(H,43,45)(H,44,49);14,17,19,22,24-27,29,31H,7-13,15-16,18,20-21H2,1-6H3,(H,41,50)(H,42,48)(H,43,45)(H,44,49)/t25-,26+,27+,29+,30?,31-;25-,26+,27+,29+,31-/m11/s1. The zero-order valence-electron chi connectivity index (χ0n) is 63.8. The highest BCUT2D eigenvalue weighted by atomic mass is 35.5. The van der Waals surface area contributed by atoms with Gasteiger partial charge in [0.2, 0.25) is 53.0 Å². The molecule has 8 fully saturated rings. The van der Waals surface area contributed by atoms with E-state index in [1.54, 1.807) is 24.3 Å². The number of nitrogens with one attached hydrogen (secondary N) is 8. The van der Waals surface area contributed by atoms with Crippen molar-refractivity contribution in [1.29, 1.82) is 0 Å². The second kappa shape index (κ2) is 36.1. The van der Waals surface area contributed by atoms with Gasteiger partial charge in [-0.15, -0.1) is 0 Å². The zero-order chi connectivity index (χ0) is 77.0. The van der Waals surface area contributed by atoms with Gasteiger partial charge >= 0.3 is 0 Å². The molecule has 9 N–H and O–H groups in total. The minimum absolute atomic E-state index is 0.0133. The first-order valence-electron chi connectivity index (χ1n) is 38.3. The van der Waals surface area contributed by atoms with Crippen LogP contribution in [-0.2, 0) is 52.6 Å². The van der Waals surface area contributed by atoms with Crippen molar-refractivity contribution in [3.63, 3.8) is 0 Å². The van der Waals surface area contributed by atoms with E-state index in [1.807, 2.05) is 83.1 Å². The third-order valence-corrected chi connectivity index (χ3v) is 21.0. The Morgan fingerprint density at radius 1 is 0.585 bits per heavy atom. The van der Waals surface area contributed by atoms with Crippen LogP contribution in [0.3, 0.4) is 0 Å². The van der Waals surface area contributed by atoms with E-state index in [0.717, 1.165) is 89.9 Å². The number of aliphatic imine (C=N–C) groups is 2. The molecule has 2 aromatic rings. The van der Waals surface area contributed by atoms with Crippen molar-refractivity contribution < 1.29 is 67.2 Å². The molecule has 4 aliphatic heterocycles. The number of likely N-dealkylation sites (tertiary alicyclic amines) is 2. The number of carbonyl (C=O) groups is 9. The van der Waals surface area contributed by atoms with E-state index in [4.69, 9.17) is 52.1 Å². The molecule has 106 heavy (non-hydrogen) atoms. The van der Waals surface area contributed by atoms with Gasteiger partial charge in [-0.05, 0) is 127 Å². The van der Waals surface area contributed by atoms with Gasteiger partial charge in [0.05, 0.1) is 46.3 Å². The van der Waals surface area contributed by atoms with Gasteiger partial charge in [-0.3, -0.25) is 43.2 Å². The van der Waals surface area contributed by atoms with E-state index < -0.39 is 119 Å². The van der Waals surface area contributed by atoms with E-state index in [1.165, 1.54) is 22.2 Å².